The Kier molecular flexibility index (Phi) is 4.38. The molecule has 0 aliphatic carbocycles. The number of amides is 1. The molecule has 0 saturated heterocycles. The highest BCUT2D eigenvalue weighted by Crippen LogP contribution is 2.27. The van der Waals surface area contributed by atoms with Crippen LogP contribution in [-0.2, 0) is 0 Å². The van der Waals surface area contributed by atoms with Crippen molar-refractivity contribution in [2.45, 2.75) is 6.92 Å². The second-order valence-electron chi connectivity index (χ2n) is 5.09. The Hall–Kier alpha value is -2.20. The summed E-state index contributed by atoms with van der Waals surface area (Å²) in [5.41, 5.74) is 9.44. The van der Waals surface area contributed by atoms with E-state index in [-0.39, 0.29) is 5.91 Å². The number of halogens is 1. The Morgan fingerprint density at radius 3 is 2.52 bits per heavy atom. The topological polar surface area (TPSA) is 58.4 Å². The standard InChI is InChI=1S/C16H18ClN3O/c1-10-4-6-12(9-14(10)17)19-15-8-11(18)5-7-13(15)16(21)20(2)3/h4-9,19H,18H2,1-3H3. The average Bonchev–Trinajstić information content (AvgIpc) is 2.42. The van der Waals surface area contributed by atoms with Gasteiger partial charge < -0.3 is 16.0 Å². The molecule has 0 bridgehead atoms. The van der Waals surface area contributed by atoms with Crippen molar-refractivity contribution in [3.05, 3.63) is 52.5 Å². The summed E-state index contributed by atoms with van der Waals surface area (Å²) in [5, 5.41) is 3.88. The second kappa shape index (κ2) is 6.06. The van der Waals surface area contributed by atoms with Crippen molar-refractivity contribution in [2.75, 3.05) is 25.1 Å². The Morgan fingerprint density at radius 2 is 1.90 bits per heavy atom. The fraction of sp³-hybridized carbons (Fsp3) is 0.188. The Bertz CT molecular complexity index is 683. The molecule has 4 nitrogen and oxygen atoms in total. The summed E-state index contributed by atoms with van der Waals surface area (Å²) in [6.45, 7) is 1.94. The highest BCUT2D eigenvalue weighted by atomic mass is 35.5. The first-order valence-corrected chi connectivity index (χ1v) is 6.90. The molecular weight excluding hydrogens is 286 g/mol. The number of nitrogen functional groups attached to an aromatic ring is 1. The lowest BCUT2D eigenvalue weighted by Crippen LogP contribution is -2.22. The number of benzene rings is 2. The minimum atomic E-state index is -0.0873. The van der Waals surface area contributed by atoms with Gasteiger partial charge in [-0.3, -0.25) is 4.79 Å². The maximum absolute atomic E-state index is 12.2. The Labute approximate surface area is 129 Å². The van der Waals surface area contributed by atoms with Crippen molar-refractivity contribution in [3.63, 3.8) is 0 Å². The van der Waals surface area contributed by atoms with Crippen LogP contribution in [0, 0.1) is 6.92 Å². The van der Waals surface area contributed by atoms with Gasteiger partial charge in [0, 0.05) is 30.5 Å². The minimum absolute atomic E-state index is 0.0873. The normalized spacial score (nSPS) is 10.3. The van der Waals surface area contributed by atoms with Gasteiger partial charge in [-0.1, -0.05) is 17.7 Å². The van der Waals surface area contributed by atoms with E-state index >= 15 is 0 Å². The minimum Gasteiger partial charge on any atom is -0.399 e. The zero-order chi connectivity index (χ0) is 15.6. The average molecular weight is 304 g/mol. The third kappa shape index (κ3) is 3.47. The largest absolute Gasteiger partial charge is 0.399 e. The van der Waals surface area contributed by atoms with E-state index in [1.807, 2.05) is 25.1 Å². The summed E-state index contributed by atoms with van der Waals surface area (Å²) < 4.78 is 0. The molecular formula is C16H18ClN3O. The molecule has 110 valence electrons. The summed E-state index contributed by atoms with van der Waals surface area (Å²) >= 11 is 6.12. The van der Waals surface area contributed by atoms with Gasteiger partial charge in [-0.15, -0.1) is 0 Å². The number of nitrogens with one attached hydrogen (secondary N) is 1. The van der Waals surface area contributed by atoms with E-state index in [1.54, 1.807) is 32.3 Å². The van der Waals surface area contributed by atoms with E-state index in [9.17, 15) is 4.79 Å². The maximum Gasteiger partial charge on any atom is 0.255 e. The summed E-state index contributed by atoms with van der Waals surface area (Å²) in [6, 6.07) is 10.8. The van der Waals surface area contributed by atoms with Gasteiger partial charge in [-0.05, 0) is 42.8 Å². The van der Waals surface area contributed by atoms with Crippen LogP contribution in [0.25, 0.3) is 0 Å². The van der Waals surface area contributed by atoms with E-state index in [4.69, 9.17) is 17.3 Å². The van der Waals surface area contributed by atoms with E-state index in [2.05, 4.69) is 5.32 Å². The van der Waals surface area contributed by atoms with E-state index in [1.165, 1.54) is 4.90 Å². The summed E-state index contributed by atoms with van der Waals surface area (Å²) in [6.07, 6.45) is 0. The number of hydrogen-bond donors (Lipinski definition) is 2. The fourth-order valence-corrected chi connectivity index (χ4v) is 2.10. The quantitative estimate of drug-likeness (QED) is 0.850. The molecule has 0 heterocycles. The molecule has 3 N–H and O–H groups in total. The lowest BCUT2D eigenvalue weighted by molar-refractivity contribution is 0.0828. The van der Waals surface area contributed by atoms with Crippen LogP contribution >= 0.6 is 11.6 Å². The zero-order valence-corrected chi connectivity index (χ0v) is 13.0. The van der Waals surface area contributed by atoms with Gasteiger partial charge in [-0.25, -0.2) is 0 Å². The van der Waals surface area contributed by atoms with Crippen LogP contribution in [-0.4, -0.2) is 24.9 Å². The first-order chi connectivity index (χ1) is 9.88. The van der Waals surface area contributed by atoms with Crippen LogP contribution in [0.5, 0.6) is 0 Å². The van der Waals surface area contributed by atoms with Crippen LogP contribution in [0.3, 0.4) is 0 Å². The highest BCUT2D eigenvalue weighted by molar-refractivity contribution is 6.31. The van der Waals surface area contributed by atoms with Crippen molar-refractivity contribution in [1.29, 1.82) is 0 Å². The van der Waals surface area contributed by atoms with Gasteiger partial charge in [0.15, 0.2) is 0 Å². The molecule has 0 saturated carbocycles. The van der Waals surface area contributed by atoms with Gasteiger partial charge in [-0.2, -0.15) is 0 Å². The molecule has 0 aliphatic rings. The van der Waals surface area contributed by atoms with Crippen molar-refractivity contribution < 1.29 is 4.79 Å². The van der Waals surface area contributed by atoms with Crippen LogP contribution in [0.1, 0.15) is 15.9 Å². The summed E-state index contributed by atoms with van der Waals surface area (Å²) in [7, 11) is 3.43. The first-order valence-electron chi connectivity index (χ1n) is 6.53. The third-order valence-electron chi connectivity index (χ3n) is 3.13. The van der Waals surface area contributed by atoms with Gasteiger partial charge in [0.2, 0.25) is 0 Å². The van der Waals surface area contributed by atoms with Crippen LogP contribution in [0.2, 0.25) is 5.02 Å². The van der Waals surface area contributed by atoms with Gasteiger partial charge in [0.25, 0.3) is 5.91 Å². The molecule has 0 radical (unpaired) electrons. The molecule has 5 heteroatoms. The number of carbonyl (C=O) groups excluding carboxylic acids is 1. The lowest BCUT2D eigenvalue weighted by atomic mass is 10.1. The Morgan fingerprint density at radius 1 is 1.19 bits per heavy atom. The number of hydrogen-bond acceptors (Lipinski definition) is 3. The van der Waals surface area contributed by atoms with Crippen LogP contribution in [0.15, 0.2) is 36.4 Å². The zero-order valence-electron chi connectivity index (χ0n) is 12.3. The first kappa shape index (κ1) is 15.2. The van der Waals surface area contributed by atoms with Gasteiger partial charge in [0.05, 0.1) is 11.3 Å². The molecule has 0 unspecified atom stereocenters. The highest BCUT2D eigenvalue weighted by Gasteiger charge is 2.14. The predicted molar refractivity (Wildman–Crippen MR) is 88.3 cm³/mol. The Balaban J connectivity index is 2.40. The number of carbonyl (C=O) groups is 1. The molecule has 21 heavy (non-hydrogen) atoms. The molecule has 2 rings (SSSR count). The van der Waals surface area contributed by atoms with Crippen molar-refractivity contribution in [2.24, 2.45) is 0 Å². The summed E-state index contributed by atoms with van der Waals surface area (Å²) in [4.78, 5) is 13.7. The monoisotopic (exact) mass is 303 g/mol. The summed E-state index contributed by atoms with van der Waals surface area (Å²) in [5.74, 6) is -0.0873. The molecule has 0 fully saturated rings. The fourth-order valence-electron chi connectivity index (χ4n) is 1.92. The molecule has 1 amide bonds. The van der Waals surface area contributed by atoms with Gasteiger partial charge >= 0.3 is 0 Å². The smallest absolute Gasteiger partial charge is 0.255 e. The van der Waals surface area contributed by atoms with Crippen LogP contribution in [0.4, 0.5) is 17.1 Å². The number of anilines is 3. The SMILES string of the molecule is Cc1ccc(Nc2cc(N)ccc2C(=O)N(C)C)cc1Cl. The molecule has 2 aromatic carbocycles. The number of nitrogens with zero attached hydrogens (tertiary/aromatic N) is 1. The molecule has 0 aliphatic heterocycles. The van der Waals surface area contributed by atoms with Crippen LogP contribution < -0.4 is 11.1 Å². The van der Waals surface area contributed by atoms with Gasteiger partial charge in [0.1, 0.15) is 0 Å². The second-order valence-corrected chi connectivity index (χ2v) is 5.50. The van der Waals surface area contributed by atoms with E-state index in [0.717, 1.165) is 11.3 Å². The van der Waals surface area contributed by atoms with Crippen molar-refractivity contribution >= 4 is 34.6 Å². The van der Waals surface area contributed by atoms with Crippen molar-refractivity contribution in [3.8, 4) is 0 Å². The van der Waals surface area contributed by atoms with E-state index < -0.39 is 0 Å². The molecule has 2 aromatic rings. The van der Waals surface area contributed by atoms with E-state index in [0.29, 0.717) is 22.0 Å². The molecule has 0 spiro atoms. The maximum atomic E-state index is 12.2. The van der Waals surface area contributed by atoms with Crippen molar-refractivity contribution in [1.82, 2.24) is 4.90 Å². The lowest BCUT2D eigenvalue weighted by Gasteiger charge is -2.16. The number of aryl methyl sites for hydroxylation is 1. The number of nitrogens with two attached hydrogens (primary N) is 1. The number of rotatable bonds is 3. The third-order valence-corrected chi connectivity index (χ3v) is 3.54. The molecule has 0 atom stereocenters. The molecule has 0 aromatic heterocycles. The predicted octanol–water partition coefficient (Wildman–Crippen LogP) is 3.68.